The molecule has 0 saturated heterocycles. The van der Waals surface area contributed by atoms with Crippen LogP contribution in [0.4, 0.5) is 5.82 Å². The van der Waals surface area contributed by atoms with Gasteiger partial charge in [-0.1, -0.05) is 6.92 Å². The Morgan fingerprint density at radius 1 is 1.29 bits per heavy atom. The van der Waals surface area contributed by atoms with E-state index in [-0.39, 0.29) is 0 Å². The van der Waals surface area contributed by atoms with E-state index >= 15 is 0 Å². The molecule has 0 fully saturated rings. The van der Waals surface area contributed by atoms with Gasteiger partial charge in [-0.05, 0) is 0 Å². The van der Waals surface area contributed by atoms with Crippen LogP contribution in [-0.4, -0.2) is 27.0 Å². The number of hydrogen-bond acceptors (Lipinski definition) is 5. The van der Waals surface area contributed by atoms with Gasteiger partial charge in [0, 0.05) is 19.7 Å². The van der Waals surface area contributed by atoms with Gasteiger partial charge in [0.15, 0.2) is 5.65 Å². The molecule has 0 aromatic carbocycles. The second-order valence-electron chi connectivity index (χ2n) is 2.85. The van der Waals surface area contributed by atoms with Gasteiger partial charge in [0.1, 0.15) is 18.0 Å². The number of hydrogen-bond donors (Lipinski definition) is 1. The van der Waals surface area contributed by atoms with Crippen molar-refractivity contribution in [2.75, 3.05) is 12.4 Å². The molecule has 0 aliphatic rings. The van der Waals surface area contributed by atoms with Crippen molar-refractivity contribution < 1.29 is 0 Å². The van der Waals surface area contributed by atoms with Crippen LogP contribution in [0.15, 0.2) is 12.5 Å². The van der Waals surface area contributed by atoms with Gasteiger partial charge in [-0.3, -0.25) is 0 Å². The largest absolute Gasteiger partial charge is 0.372 e. The van der Waals surface area contributed by atoms with Crippen LogP contribution in [-0.2, 0) is 6.42 Å². The van der Waals surface area contributed by atoms with Crippen molar-refractivity contribution in [2.45, 2.75) is 13.3 Å². The second-order valence-corrected chi connectivity index (χ2v) is 2.85. The molecule has 72 valence electrons. The molecular formula is C9H11N5. The fraction of sp³-hybridized carbons (Fsp3) is 0.333. The Kier molecular flexibility index (Phi) is 2.22. The summed E-state index contributed by atoms with van der Waals surface area (Å²) in [5, 5.41) is 3.83. The first-order valence-corrected chi connectivity index (χ1v) is 4.49. The molecule has 2 heterocycles. The lowest BCUT2D eigenvalue weighted by Crippen LogP contribution is -1.99. The standard InChI is InChI=1S/C9H11N5/c1-3-7-11-4-6-8(10-2)12-5-13-9(6)14-7/h4-5H,3H2,1-2H3,(H,10,11,12,13,14). The van der Waals surface area contributed by atoms with Crippen LogP contribution in [0, 0.1) is 0 Å². The van der Waals surface area contributed by atoms with E-state index in [2.05, 4.69) is 25.3 Å². The average Bonchev–Trinajstić information content (AvgIpc) is 2.27. The highest BCUT2D eigenvalue weighted by Crippen LogP contribution is 2.15. The van der Waals surface area contributed by atoms with Crippen molar-refractivity contribution in [2.24, 2.45) is 0 Å². The summed E-state index contributed by atoms with van der Waals surface area (Å²) in [6.45, 7) is 2.02. The predicted molar refractivity (Wildman–Crippen MR) is 54.1 cm³/mol. The minimum atomic E-state index is 0.691. The van der Waals surface area contributed by atoms with Crippen molar-refractivity contribution in [1.29, 1.82) is 0 Å². The number of nitrogens with zero attached hydrogens (tertiary/aromatic N) is 4. The SMILES string of the molecule is CCc1ncc2c(NC)ncnc2n1. The molecule has 0 amide bonds. The number of aromatic nitrogens is 4. The van der Waals surface area contributed by atoms with Crippen molar-refractivity contribution in [3.8, 4) is 0 Å². The van der Waals surface area contributed by atoms with E-state index in [4.69, 9.17) is 0 Å². The fourth-order valence-electron chi connectivity index (χ4n) is 1.25. The number of fused-ring (bicyclic) bond motifs is 1. The zero-order chi connectivity index (χ0) is 9.97. The molecule has 0 aliphatic heterocycles. The Bertz CT molecular complexity index is 454. The Hall–Kier alpha value is -1.78. The lowest BCUT2D eigenvalue weighted by molar-refractivity contribution is 0.949. The molecule has 0 spiro atoms. The summed E-state index contributed by atoms with van der Waals surface area (Å²) in [5.41, 5.74) is 0.691. The molecule has 0 radical (unpaired) electrons. The van der Waals surface area contributed by atoms with Gasteiger partial charge >= 0.3 is 0 Å². The van der Waals surface area contributed by atoms with Gasteiger partial charge in [-0.25, -0.2) is 19.9 Å². The van der Waals surface area contributed by atoms with Gasteiger partial charge in [0.2, 0.25) is 0 Å². The Morgan fingerprint density at radius 2 is 2.14 bits per heavy atom. The molecule has 2 aromatic rings. The predicted octanol–water partition coefficient (Wildman–Crippen LogP) is 1.02. The molecule has 2 rings (SSSR count). The summed E-state index contributed by atoms with van der Waals surface area (Å²) in [6.07, 6.45) is 4.07. The number of nitrogens with one attached hydrogen (secondary N) is 1. The molecule has 14 heavy (non-hydrogen) atoms. The number of aryl methyl sites for hydroxylation is 1. The van der Waals surface area contributed by atoms with Crippen molar-refractivity contribution in [3.63, 3.8) is 0 Å². The van der Waals surface area contributed by atoms with Crippen LogP contribution in [0.3, 0.4) is 0 Å². The minimum absolute atomic E-state index is 0.691. The van der Waals surface area contributed by atoms with E-state index in [9.17, 15) is 0 Å². The van der Waals surface area contributed by atoms with E-state index in [1.54, 1.807) is 6.20 Å². The maximum atomic E-state index is 4.30. The highest BCUT2D eigenvalue weighted by atomic mass is 15.0. The summed E-state index contributed by atoms with van der Waals surface area (Å²) >= 11 is 0. The summed E-state index contributed by atoms with van der Waals surface area (Å²) in [6, 6.07) is 0. The highest BCUT2D eigenvalue weighted by molar-refractivity contribution is 5.85. The summed E-state index contributed by atoms with van der Waals surface area (Å²) in [5.74, 6) is 1.57. The van der Waals surface area contributed by atoms with E-state index in [1.807, 2.05) is 14.0 Å². The molecule has 5 nitrogen and oxygen atoms in total. The molecule has 0 aliphatic carbocycles. The monoisotopic (exact) mass is 189 g/mol. The first-order chi connectivity index (χ1) is 6.85. The zero-order valence-electron chi connectivity index (χ0n) is 8.15. The molecule has 2 aromatic heterocycles. The normalized spacial score (nSPS) is 10.4. The Labute approximate surface area is 81.6 Å². The Morgan fingerprint density at radius 3 is 2.86 bits per heavy atom. The van der Waals surface area contributed by atoms with Crippen molar-refractivity contribution in [1.82, 2.24) is 19.9 Å². The molecule has 1 N–H and O–H groups in total. The topological polar surface area (TPSA) is 63.6 Å². The highest BCUT2D eigenvalue weighted by Gasteiger charge is 2.03. The molecule has 0 bridgehead atoms. The first-order valence-electron chi connectivity index (χ1n) is 4.49. The summed E-state index contributed by atoms with van der Waals surface area (Å²) < 4.78 is 0. The second kappa shape index (κ2) is 3.53. The molecule has 5 heteroatoms. The van der Waals surface area contributed by atoms with Crippen molar-refractivity contribution in [3.05, 3.63) is 18.3 Å². The van der Waals surface area contributed by atoms with Gasteiger partial charge < -0.3 is 5.32 Å². The molecule has 0 unspecified atom stereocenters. The van der Waals surface area contributed by atoms with E-state index in [1.165, 1.54) is 6.33 Å². The number of anilines is 1. The minimum Gasteiger partial charge on any atom is -0.372 e. The van der Waals surface area contributed by atoms with Gasteiger partial charge in [0.25, 0.3) is 0 Å². The fourth-order valence-corrected chi connectivity index (χ4v) is 1.25. The third-order valence-corrected chi connectivity index (χ3v) is 1.99. The van der Waals surface area contributed by atoms with Crippen LogP contribution in [0.25, 0.3) is 11.0 Å². The smallest absolute Gasteiger partial charge is 0.168 e. The summed E-state index contributed by atoms with van der Waals surface area (Å²) in [7, 11) is 1.81. The van der Waals surface area contributed by atoms with Crippen molar-refractivity contribution >= 4 is 16.9 Å². The third-order valence-electron chi connectivity index (χ3n) is 1.99. The quantitative estimate of drug-likeness (QED) is 0.764. The third kappa shape index (κ3) is 1.37. The molecule has 0 saturated carbocycles. The lowest BCUT2D eigenvalue weighted by atomic mass is 10.3. The van der Waals surface area contributed by atoms with Crippen LogP contribution < -0.4 is 5.32 Å². The average molecular weight is 189 g/mol. The first kappa shape index (κ1) is 8.80. The zero-order valence-corrected chi connectivity index (χ0v) is 8.15. The van der Waals surface area contributed by atoms with Crippen LogP contribution in [0.5, 0.6) is 0 Å². The summed E-state index contributed by atoms with van der Waals surface area (Å²) in [4.78, 5) is 16.7. The maximum absolute atomic E-state index is 4.30. The molecule has 0 atom stereocenters. The van der Waals surface area contributed by atoms with Gasteiger partial charge in [-0.2, -0.15) is 0 Å². The van der Waals surface area contributed by atoms with Crippen LogP contribution >= 0.6 is 0 Å². The maximum Gasteiger partial charge on any atom is 0.168 e. The lowest BCUT2D eigenvalue weighted by Gasteiger charge is -2.03. The van der Waals surface area contributed by atoms with Gasteiger partial charge in [-0.15, -0.1) is 0 Å². The van der Waals surface area contributed by atoms with E-state index in [0.29, 0.717) is 5.65 Å². The van der Waals surface area contributed by atoms with E-state index < -0.39 is 0 Å². The van der Waals surface area contributed by atoms with E-state index in [0.717, 1.165) is 23.4 Å². The number of rotatable bonds is 2. The van der Waals surface area contributed by atoms with Crippen LogP contribution in [0.1, 0.15) is 12.7 Å². The molecular weight excluding hydrogens is 178 g/mol. The van der Waals surface area contributed by atoms with Gasteiger partial charge in [0.05, 0.1) is 5.39 Å². The Balaban J connectivity index is 2.67. The van der Waals surface area contributed by atoms with Crippen LogP contribution in [0.2, 0.25) is 0 Å².